The first kappa shape index (κ1) is 26.7. The molecule has 0 aliphatic heterocycles. The molecule has 4 heterocycles. The van der Waals surface area contributed by atoms with Crippen molar-refractivity contribution >= 4 is 68.5 Å². The number of aromatic nitrogens is 6. The van der Waals surface area contributed by atoms with Crippen molar-refractivity contribution < 1.29 is 4.52 Å². The monoisotopic (exact) mass is 550 g/mol. The molecule has 0 bridgehead atoms. The van der Waals surface area contributed by atoms with E-state index in [1.54, 1.807) is 9.08 Å². The fraction of sp³-hybridized carbons (Fsp3) is 0.148. The summed E-state index contributed by atoms with van der Waals surface area (Å²) in [6.45, 7) is 2.09. The first-order valence-corrected chi connectivity index (χ1v) is 12.8. The van der Waals surface area contributed by atoms with Gasteiger partial charge in [-0.1, -0.05) is 67.0 Å². The average molecular weight is 551 g/mol. The Bertz CT molecular complexity index is 1820. The number of aryl methyl sites for hydroxylation is 1. The summed E-state index contributed by atoms with van der Waals surface area (Å²) in [6.07, 6.45) is 3.56. The first-order valence-electron chi connectivity index (χ1n) is 11.9. The zero-order valence-electron chi connectivity index (χ0n) is 19.9. The second-order valence-corrected chi connectivity index (χ2v) is 9.41. The minimum atomic E-state index is -0.597. The third-order valence-electron chi connectivity index (χ3n) is 6.31. The van der Waals surface area contributed by atoms with Crippen LogP contribution in [0.2, 0.25) is 0 Å². The molecule has 6 aromatic rings. The summed E-state index contributed by atoms with van der Waals surface area (Å²) in [5.41, 5.74) is 5.94. The number of fused-ring (bicyclic) bond motifs is 1. The topological polar surface area (TPSA) is 111 Å². The van der Waals surface area contributed by atoms with Crippen molar-refractivity contribution in [1.29, 1.82) is 0 Å². The van der Waals surface area contributed by atoms with E-state index in [0.29, 0.717) is 23.6 Å². The van der Waals surface area contributed by atoms with E-state index < -0.39 is 5.76 Å². The number of H-pyrrole nitrogens is 1. The molecule has 0 amide bonds. The third-order valence-corrected chi connectivity index (χ3v) is 6.99. The van der Waals surface area contributed by atoms with Gasteiger partial charge in [0, 0.05) is 22.9 Å². The number of hydrogen-bond acceptors (Lipinski definition) is 7. The van der Waals surface area contributed by atoms with Crippen LogP contribution in [-0.2, 0) is 12.8 Å². The Morgan fingerprint density at radius 2 is 1.82 bits per heavy atom. The molecule has 1 N–H and O–H groups in total. The third kappa shape index (κ3) is 4.93. The van der Waals surface area contributed by atoms with Gasteiger partial charge in [-0.2, -0.15) is 21.4 Å². The first-order chi connectivity index (χ1) is 18.1. The van der Waals surface area contributed by atoms with Crippen LogP contribution in [-0.4, -0.2) is 80.7 Å². The molecule has 6 rings (SSSR count). The summed E-state index contributed by atoms with van der Waals surface area (Å²) >= 11 is 1.53. The predicted octanol–water partition coefficient (Wildman–Crippen LogP) is 3.85. The van der Waals surface area contributed by atoms with E-state index in [1.807, 2.05) is 65.4 Å². The molecule has 38 heavy (non-hydrogen) atoms. The molecule has 2 aromatic carbocycles. The summed E-state index contributed by atoms with van der Waals surface area (Å²) in [5, 5.41) is 12.2. The number of nitrogens with one attached hydrogen (secondary N) is 1. The molecule has 0 spiro atoms. The zero-order valence-corrected chi connectivity index (χ0v) is 20.7. The molecule has 11 heteroatoms. The Balaban J connectivity index is 0.00000294. The van der Waals surface area contributed by atoms with E-state index in [9.17, 15) is 9.59 Å². The van der Waals surface area contributed by atoms with Gasteiger partial charge < -0.3 is 0 Å². The molecule has 0 unspecified atom stereocenters. The van der Waals surface area contributed by atoms with Gasteiger partial charge in [0.15, 0.2) is 5.82 Å². The molecule has 0 saturated carbocycles. The Hall–Kier alpha value is -2.93. The number of aromatic amines is 1. The zero-order chi connectivity index (χ0) is 25.4. The molecule has 0 aliphatic rings. The van der Waals surface area contributed by atoms with Crippen molar-refractivity contribution in [2.75, 3.05) is 0 Å². The average Bonchev–Trinajstić information content (AvgIpc) is 3.70. The normalized spacial score (nSPS) is 11.1. The Labute approximate surface area is 263 Å². The number of benzene rings is 2. The van der Waals surface area contributed by atoms with Crippen molar-refractivity contribution in [2.24, 2.45) is 0 Å². The second kappa shape index (κ2) is 11.4. The van der Waals surface area contributed by atoms with Crippen LogP contribution in [0.5, 0.6) is 0 Å². The summed E-state index contributed by atoms with van der Waals surface area (Å²) in [7, 11) is 0. The molecule has 0 fully saturated rings. The Kier molecular flexibility index (Phi) is 8.03. The second-order valence-electron chi connectivity index (χ2n) is 8.63. The van der Waals surface area contributed by atoms with Crippen LogP contribution in [0, 0.1) is 0 Å². The van der Waals surface area contributed by atoms with E-state index in [-0.39, 0.29) is 56.9 Å². The van der Waals surface area contributed by atoms with E-state index >= 15 is 0 Å². The molecular formula is C27H23KN6O3S. The Morgan fingerprint density at radius 3 is 2.50 bits per heavy atom. The van der Waals surface area contributed by atoms with Crippen molar-refractivity contribution in [3.63, 3.8) is 0 Å². The van der Waals surface area contributed by atoms with Gasteiger partial charge in [0.25, 0.3) is 5.56 Å². The van der Waals surface area contributed by atoms with Gasteiger partial charge in [0.2, 0.25) is 5.78 Å². The minimum absolute atomic E-state index is 0. The van der Waals surface area contributed by atoms with Crippen molar-refractivity contribution in [2.45, 2.75) is 26.2 Å². The van der Waals surface area contributed by atoms with Gasteiger partial charge in [-0.15, -0.1) is 0 Å². The van der Waals surface area contributed by atoms with Crippen LogP contribution in [0.4, 0.5) is 0 Å². The van der Waals surface area contributed by atoms with Crippen molar-refractivity contribution in [3.05, 3.63) is 109 Å². The van der Waals surface area contributed by atoms with E-state index in [2.05, 4.69) is 27.1 Å². The molecule has 9 nitrogen and oxygen atoms in total. The molecule has 0 saturated heterocycles. The molecular weight excluding hydrogens is 528 g/mol. The van der Waals surface area contributed by atoms with E-state index in [1.165, 1.54) is 17.7 Å². The van der Waals surface area contributed by atoms with Crippen LogP contribution < -0.4 is 11.3 Å². The Morgan fingerprint density at radius 1 is 1.03 bits per heavy atom. The van der Waals surface area contributed by atoms with E-state index in [0.717, 1.165) is 46.5 Å². The van der Waals surface area contributed by atoms with Gasteiger partial charge in [-0.3, -0.25) is 14.3 Å². The SMILES string of the molecule is CCCc1c(Cc2ccc(-c3ccccc3-c3noc(=O)[nH]3)cc2)c(=O)n(-c2ccsc2)c2ncnn12.[KH]. The summed E-state index contributed by atoms with van der Waals surface area (Å²) in [4.78, 5) is 32.3. The molecule has 0 atom stereocenters. The van der Waals surface area contributed by atoms with Gasteiger partial charge in [-0.25, -0.2) is 13.9 Å². The van der Waals surface area contributed by atoms with Crippen LogP contribution in [0.15, 0.2) is 85.8 Å². The fourth-order valence-electron chi connectivity index (χ4n) is 4.64. The quantitative estimate of drug-likeness (QED) is 0.302. The molecule has 0 aliphatic carbocycles. The molecule has 186 valence electrons. The van der Waals surface area contributed by atoms with E-state index in [4.69, 9.17) is 4.52 Å². The van der Waals surface area contributed by atoms with Gasteiger partial charge in [0.05, 0.1) is 11.4 Å². The molecule has 4 aromatic heterocycles. The van der Waals surface area contributed by atoms with Crippen molar-refractivity contribution in [3.8, 4) is 28.2 Å². The fourth-order valence-corrected chi connectivity index (χ4v) is 5.26. The maximum absolute atomic E-state index is 13.8. The summed E-state index contributed by atoms with van der Waals surface area (Å²) in [6, 6.07) is 17.6. The standard InChI is InChI=1S/C27H22N6O3S.K.H/c1-2-5-23-22(25(34)32(19-12-13-37-15-19)26-28-16-29-33(23)26)14-17-8-10-18(11-9-17)20-6-3-4-7-21(20)24-30-27(35)36-31-24;;/h3-4,6-13,15-16H,2,5,14H2,1H3,(H,30,31,35);;. The molecule has 0 radical (unpaired) electrons. The number of thiophene rings is 1. The van der Waals surface area contributed by atoms with Gasteiger partial charge in [-0.05, 0) is 34.6 Å². The van der Waals surface area contributed by atoms with Crippen molar-refractivity contribution in [1.82, 2.24) is 29.3 Å². The van der Waals surface area contributed by atoms with Crippen LogP contribution in [0.25, 0.3) is 34.0 Å². The number of nitrogens with zero attached hydrogens (tertiary/aromatic N) is 5. The summed E-state index contributed by atoms with van der Waals surface area (Å²) < 4.78 is 8.13. The van der Waals surface area contributed by atoms with Gasteiger partial charge >= 0.3 is 57.1 Å². The number of rotatable bonds is 7. The van der Waals surface area contributed by atoms with Crippen LogP contribution in [0.3, 0.4) is 0 Å². The predicted molar refractivity (Wildman–Crippen MR) is 148 cm³/mol. The van der Waals surface area contributed by atoms with Crippen LogP contribution in [0.1, 0.15) is 30.2 Å². The maximum atomic E-state index is 13.8. The van der Waals surface area contributed by atoms with Crippen LogP contribution >= 0.6 is 11.3 Å². The van der Waals surface area contributed by atoms with Gasteiger partial charge in [0.1, 0.15) is 6.33 Å². The summed E-state index contributed by atoms with van der Waals surface area (Å²) in [5.74, 6) is 0.304. The number of hydrogen-bond donors (Lipinski definition) is 1.